The first-order chi connectivity index (χ1) is 31.3. The maximum atomic E-state index is 15.4. The van der Waals surface area contributed by atoms with Crippen LogP contribution < -0.4 is 24.4 Å². The van der Waals surface area contributed by atoms with E-state index in [1.54, 1.807) is 24.4 Å². The number of rotatable bonds is 11. The van der Waals surface area contributed by atoms with Crippen molar-refractivity contribution in [2.24, 2.45) is 11.3 Å². The first-order valence-electron chi connectivity index (χ1n) is 23.2. The standard InChI is InChI=1S/C49H56FN7O7S/c1-30(2)36-11-6-7-12-37(36)40-13-8-20-56(40)34-27-49(28-34)17-21-55(22-18-49)33-14-15-38(42(24-33)64-44-23-32-16-19-51-47(32)53-46(44)50)48(58)54-65(61,62)35-25-41(57(59)60)45-43(26-35)63-29-39(52-45)31-9-4-3-5-10-31/h6-7,11-12,14-16,19,23-26,30-31,34,39-40,52H,3-5,8-10,13,17-18,20-22,27-29H2,1-2H3,(H,51,53)(H,54,58)/t39-,40+/m1/s1. The fourth-order valence-corrected chi connectivity index (χ4v) is 12.4. The number of sulfonamides is 1. The smallest absolute Gasteiger partial charge is 0.297 e. The normalized spacial score (nSPS) is 21.4. The molecule has 1 amide bonds. The van der Waals surface area contributed by atoms with Gasteiger partial charge in [0, 0.05) is 60.6 Å². The lowest BCUT2D eigenvalue weighted by Crippen LogP contribution is -2.54. The minimum Gasteiger partial charge on any atom is -0.489 e. The van der Waals surface area contributed by atoms with Crippen LogP contribution in [0, 0.1) is 27.4 Å². The summed E-state index contributed by atoms with van der Waals surface area (Å²) in [5.74, 6) is -1.53. The molecule has 3 aliphatic heterocycles. The van der Waals surface area contributed by atoms with Crippen molar-refractivity contribution in [2.75, 3.05) is 36.5 Å². The molecule has 5 heterocycles. The molecule has 10 rings (SSSR count). The molecule has 1 spiro atoms. The average Bonchev–Trinajstić information content (AvgIpc) is 3.97. The second-order valence-electron chi connectivity index (χ2n) is 19.2. The highest BCUT2D eigenvalue weighted by molar-refractivity contribution is 7.90. The molecule has 16 heteroatoms. The summed E-state index contributed by atoms with van der Waals surface area (Å²) in [5, 5.41) is 16.2. The van der Waals surface area contributed by atoms with Crippen LogP contribution in [0.1, 0.15) is 118 Å². The molecule has 2 atom stereocenters. The Balaban J connectivity index is 0.872. The van der Waals surface area contributed by atoms with E-state index in [2.05, 4.69) is 67.9 Å². The number of amides is 1. The Hall–Kier alpha value is -5.74. The molecule has 2 aliphatic carbocycles. The number of nitrogens with one attached hydrogen (secondary N) is 3. The third kappa shape index (κ3) is 8.39. The van der Waals surface area contributed by atoms with Crippen molar-refractivity contribution in [1.82, 2.24) is 19.6 Å². The SMILES string of the molecule is CC(C)c1ccccc1[C@@H]1CCCN1C1CC2(CCN(c3ccc(C(=O)NS(=O)(=O)c4cc5c(c([N+](=O)[O-])c4)N[C@@H](C4CCCCC4)CO5)c(Oc4cc5cc[nH]c5nc4F)c3)CC2)C1. The van der Waals surface area contributed by atoms with Crippen LogP contribution in [0.4, 0.5) is 21.5 Å². The van der Waals surface area contributed by atoms with Gasteiger partial charge < -0.3 is 24.7 Å². The van der Waals surface area contributed by atoms with Crippen LogP contribution in [0.3, 0.4) is 0 Å². The van der Waals surface area contributed by atoms with Crippen LogP contribution in [0.5, 0.6) is 17.2 Å². The van der Waals surface area contributed by atoms with Crippen LogP contribution in [-0.4, -0.2) is 72.4 Å². The second-order valence-corrected chi connectivity index (χ2v) is 20.9. The fraction of sp³-hybridized carbons (Fsp3) is 0.469. The molecule has 0 bridgehead atoms. The average molecular weight is 906 g/mol. The van der Waals surface area contributed by atoms with E-state index < -0.39 is 37.4 Å². The number of likely N-dealkylation sites (tertiary alicyclic amines) is 1. The first-order valence-corrected chi connectivity index (χ1v) is 24.7. The van der Waals surface area contributed by atoms with E-state index in [1.165, 1.54) is 42.2 Å². The van der Waals surface area contributed by atoms with Gasteiger partial charge in [-0.2, -0.15) is 9.37 Å². The van der Waals surface area contributed by atoms with Crippen molar-refractivity contribution >= 4 is 44.0 Å². The summed E-state index contributed by atoms with van der Waals surface area (Å²) in [5.41, 5.74) is 3.70. The van der Waals surface area contributed by atoms with Crippen LogP contribution in [0.15, 0.2) is 77.8 Å². The number of anilines is 2. The predicted octanol–water partition coefficient (Wildman–Crippen LogP) is 9.98. The fourth-order valence-electron chi connectivity index (χ4n) is 11.4. The topological polar surface area (TPSA) is 172 Å². The molecular formula is C49H56FN7O7S. The Morgan fingerprint density at radius 2 is 1.77 bits per heavy atom. The van der Waals surface area contributed by atoms with E-state index in [4.69, 9.17) is 9.47 Å². The molecule has 2 saturated heterocycles. The van der Waals surface area contributed by atoms with E-state index in [0.717, 1.165) is 89.2 Å². The van der Waals surface area contributed by atoms with Gasteiger partial charge in [-0.05, 0) is 111 Å². The third-order valence-corrected chi connectivity index (χ3v) is 16.2. The van der Waals surface area contributed by atoms with E-state index in [9.17, 15) is 23.3 Å². The van der Waals surface area contributed by atoms with Crippen molar-refractivity contribution in [3.63, 3.8) is 0 Å². The maximum Gasteiger partial charge on any atom is 0.297 e. The molecule has 4 fully saturated rings. The summed E-state index contributed by atoms with van der Waals surface area (Å²) in [6.45, 7) is 7.44. The Morgan fingerprint density at radius 3 is 2.54 bits per heavy atom. The van der Waals surface area contributed by atoms with Crippen LogP contribution in [-0.2, 0) is 10.0 Å². The number of nitro benzene ring substituents is 1. The zero-order valence-electron chi connectivity index (χ0n) is 36.9. The number of benzene rings is 3. The first kappa shape index (κ1) is 43.2. The molecule has 14 nitrogen and oxygen atoms in total. The number of aromatic nitrogens is 2. The molecule has 0 unspecified atom stereocenters. The van der Waals surface area contributed by atoms with Gasteiger partial charge in [0.15, 0.2) is 17.2 Å². The molecule has 5 aromatic rings. The molecule has 2 aromatic heterocycles. The Labute approximate surface area is 378 Å². The summed E-state index contributed by atoms with van der Waals surface area (Å²) in [4.78, 5) is 37.1. The van der Waals surface area contributed by atoms with E-state index >= 15 is 4.39 Å². The highest BCUT2D eigenvalue weighted by Gasteiger charge is 2.50. The number of nitrogens with zero attached hydrogens (tertiary/aromatic N) is 4. The highest BCUT2D eigenvalue weighted by atomic mass is 32.2. The Morgan fingerprint density at radius 1 is 0.985 bits per heavy atom. The minimum atomic E-state index is -4.70. The summed E-state index contributed by atoms with van der Waals surface area (Å²) < 4.78 is 57.5. The number of pyridine rings is 1. The quantitative estimate of drug-likeness (QED) is 0.0654. The summed E-state index contributed by atoms with van der Waals surface area (Å²) in [7, 11) is -4.70. The van der Waals surface area contributed by atoms with Crippen molar-refractivity contribution in [2.45, 2.75) is 113 Å². The zero-order valence-corrected chi connectivity index (χ0v) is 37.7. The third-order valence-electron chi connectivity index (χ3n) is 14.9. The molecule has 3 aromatic carbocycles. The lowest BCUT2D eigenvalue weighted by molar-refractivity contribution is -0.384. The highest BCUT2D eigenvalue weighted by Crippen LogP contribution is 2.54. The number of ether oxygens (including phenoxy) is 2. The van der Waals surface area contributed by atoms with Gasteiger partial charge in [0.05, 0.1) is 21.4 Å². The maximum absolute atomic E-state index is 15.4. The number of piperidine rings is 1. The predicted molar refractivity (Wildman–Crippen MR) is 246 cm³/mol. The van der Waals surface area contributed by atoms with Crippen molar-refractivity contribution in [3.05, 3.63) is 106 Å². The van der Waals surface area contributed by atoms with Gasteiger partial charge in [-0.1, -0.05) is 57.4 Å². The number of halogens is 1. The molecule has 342 valence electrons. The van der Waals surface area contributed by atoms with Gasteiger partial charge in [0.2, 0.25) is 0 Å². The number of carbonyl (C=O) groups is 1. The molecule has 65 heavy (non-hydrogen) atoms. The summed E-state index contributed by atoms with van der Waals surface area (Å²) in [6.07, 6.45) is 13.6. The second kappa shape index (κ2) is 17.2. The number of H-pyrrole nitrogens is 1. The summed E-state index contributed by atoms with van der Waals surface area (Å²) >= 11 is 0. The Kier molecular flexibility index (Phi) is 11.4. The number of hydrogen-bond donors (Lipinski definition) is 3. The van der Waals surface area contributed by atoms with E-state index in [-0.39, 0.29) is 52.5 Å². The van der Waals surface area contributed by atoms with E-state index in [0.29, 0.717) is 29.0 Å². The minimum absolute atomic E-state index is 0.0176. The van der Waals surface area contributed by atoms with E-state index in [1.807, 2.05) is 0 Å². The van der Waals surface area contributed by atoms with Crippen molar-refractivity contribution in [1.29, 1.82) is 0 Å². The van der Waals surface area contributed by atoms with Crippen molar-refractivity contribution in [3.8, 4) is 17.2 Å². The van der Waals surface area contributed by atoms with Crippen LogP contribution in [0.25, 0.3) is 11.0 Å². The lowest BCUT2D eigenvalue weighted by atomic mass is 9.59. The van der Waals surface area contributed by atoms with Gasteiger partial charge in [0.25, 0.3) is 27.6 Å². The van der Waals surface area contributed by atoms with Gasteiger partial charge >= 0.3 is 0 Å². The monoisotopic (exact) mass is 905 g/mol. The molecule has 2 saturated carbocycles. The van der Waals surface area contributed by atoms with Gasteiger partial charge in [-0.25, -0.2) is 13.1 Å². The number of hydrogen-bond acceptors (Lipinski definition) is 11. The molecular weight excluding hydrogens is 850 g/mol. The van der Waals surface area contributed by atoms with Gasteiger partial charge in [-0.15, -0.1) is 0 Å². The van der Waals surface area contributed by atoms with Crippen molar-refractivity contribution < 1.29 is 32.0 Å². The molecule has 5 aliphatic rings. The van der Waals surface area contributed by atoms with Gasteiger partial charge in [-0.3, -0.25) is 19.8 Å². The zero-order chi connectivity index (χ0) is 45.0. The van der Waals surface area contributed by atoms with Crippen LogP contribution in [0.2, 0.25) is 0 Å². The molecule has 0 radical (unpaired) electrons. The van der Waals surface area contributed by atoms with Crippen LogP contribution >= 0.6 is 0 Å². The number of aromatic amines is 1. The number of fused-ring (bicyclic) bond motifs is 2. The summed E-state index contributed by atoms with van der Waals surface area (Å²) in [6, 6.07) is 19.9. The number of carbonyl (C=O) groups excluding carboxylic acids is 1. The lowest BCUT2D eigenvalue weighted by Gasteiger charge is -2.56. The Bertz CT molecular complexity index is 2740. The largest absolute Gasteiger partial charge is 0.489 e. The number of nitro groups is 1. The molecule has 3 N–H and O–H groups in total. The van der Waals surface area contributed by atoms with Gasteiger partial charge in [0.1, 0.15) is 18.0 Å².